The highest BCUT2D eigenvalue weighted by Gasteiger charge is 2.44. The molecule has 4 aliphatic rings. The summed E-state index contributed by atoms with van der Waals surface area (Å²) < 4.78 is 0. The predicted molar refractivity (Wildman–Crippen MR) is 55.8 cm³/mol. The SMILES string of the molecule is O=C1CCCC[C@H]2[C@@H]1[C@H]1C=C[C@@H]2CC1. The summed E-state index contributed by atoms with van der Waals surface area (Å²) in [5, 5.41) is 0. The molecule has 0 amide bonds. The molecular formula is C13H18O. The van der Waals surface area contributed by atoms with Crippen LogP contribution in [0, 0.1) is 23.7 Å². The number of carbonyl (C=O) groups is 1. The fourth-order valence-corrected chi connectivity index (χ4v) is 3.82. The second-order valence-electron chi connectivity index (χ2n) is 5.19. The summed E-state index contributed by atoms with van der Waals surface area (Å²) in [5.74, 6) is 3.06. The van der Waals surface area contributed by atoms with Crippen molar-refractivity contribution < 1.29 is 4.79 Å². The van der Waals surface area contributed by atoms with E-state index in [4.69, 9.17) is 0 Å². The van der Waals surface area contributed by atoms with Gasteiger partial charge in [-0.15, -0.1) is 0 Å². The average Bonchev–Trinajstić information content (AvgIpc) is 2.44. The van der Waals surface area contributed by atoms with Gasteiger partial charge in [0, 0.05) is 12.3 Å². The van der Waals surface area contributed by atoms with Crippen LogP contribution in [0.4, 0.5) is 0 Å². The number of Topliss-reactive ketones (excluding diaryl/α,β-unsaturated/α-hetero) is 1. The van der Waals surface area contributed by atoms with Crippen molar-refractivity contribution >= 4 is 5.78 Å². The lowest BCUT2D eigenvalue weighted by Crippen LogP contribution is -2.40. The third-order valence-electron chi connectivity index (χ3n) is 4.49. The van der Waals surface area contributed by atoms with E-state index in [1.54, 1.807) is 0 Å². The van der Waals surface area contributed by atoms with Gasteiger partial charge in [-0.05, 0) is 43.4 Å². The zero-order valence-corrected chi connectivity index (χ0v) is 8.61. The molecular weight excluding hydrogens is 172 g/mol. The van der Waals surface area contributed by atoms with E-state index in [-0.39, 0.29) is 0 Å². The average molecular weight is 190 g/mol. The maximum atomic E-state index is 12.0. The molecule has 0 aromatic rings. The number of fused-ring (bicyclic) bond motifs is 1. The quantitative estimate of drug-likeness (QED) is 0.537. The van der Waals surface area contributed by atoms with Crippen molar-refractivity contribution in [3.8, 4) is 0 Å². The number of rotatable bonds is 0. The van der Waals surface area contributed by atoms with E-state index in [9.17, 15) is 4.79 Å². The van der Waals surface area contributed by atoms with Gasteiger partial charge in [-0.3, -0.25) is 4.79 Å². The van der Waals surface area contributed by atoms with E-state index in [0.717, 1.165) is 18.8 Å². The number of allylic oxidation sites excluding steroid dienone is 2. The molecule has 4 atom stereocenters. The molecule has 4 aliphatic carbocycles. The molecule has 4 rings (SSSR count). The largest absolute Gasteiger partial charge is 0.299 e. The molecule has 0 saturated heterocycles. The van der Waals surface area contributed by atoms with Gasteiger partial charge in [0.1, 0.15) is 5.78 Å². The van der Waals surface area contributed by atoms with Crippen LogP contribution in [0.3, 0.4) is 0 Å². The number of hydrogen-bond donors (Lipinski definition) is 0. The van der Waals surface area contributed by atoms with E-state index >= 15 is 0 Å². The highest BCUT2D eigenvalue weighted by Crippen LogP contribution is 2.48. The molecule has 0 aliphatic heterocycles. The van der Waals surface area contributed by atoms with Crippen LogP contribution < -0.4 is 0 Å². The first-order valence-electron chi connectivity index (χ1n) is 6.07. The molecule has 0 heterocycles. The molecule has 0 spiro atoms. The van der Waals surface area contributed by atoms with E-state index < -0.39 is 0 Å². The molecule has 1 nitrogen and oxygen atoms in total. The van der Waals surface area contributed by atoms with Gasteiger partial charge in [-0.1, -0.05) is 18.6 Å². The van der Waals surface area contributed by atoms with Gasteiger partial charge < -0.3 is 0 Å². The Hall–Kier alpha value is -0.590. The minimum atomic E-state index is 0.418. The Morgan fingerprint density at radius 3 is 2.57 bits per heavy atom. The standard InChI is InChI=1S/C13H18O/c14-12-4-2-1-3-11-9-5-7-10(8-6-9)13(11)12/h5,7,9-11,13H,1-4,6,8H2/t9-,10+,11-,13+/m1/s1. The Morgan fingerprint density at radius 1 is 1.00 bits per heavy atom. The van der Waals surface area contributed by atoms with Crippen molar-refractivity contribution in [2.24, 2.45) is 23.7 Å². The third-order valence-corrected chi connectivity index (χ3v) is 4.49. The van der Waals surface area contributed by atoms with E-state index in [1.807, 2.05) is 0 Å². The van der Waals surface area contributed by atoms with Crippen LogP contribution in [0.1, 0.15) is 38.5 Å². The molecule has 2 fully saturated rings. The van der Waals surface area contributed by atoms with Gasteiger partial charge in [0.05, 0.1) is 0 Å². The summed E-state index contributed by atoms with van der Waals surface area (Å²) in [5.41, 5.74) is 0. The van der Waals surface area contributed by atoms with Crippen LogP contribution in [0.15, 0.2) is 12.2 Å². The lowest BCUT2D eigenvalue weighted by atomic mass is 9.60. The van der Waals surface area contributed by atoms with Gasteiger partial charge in [-0.2, -0.15) is 0 Å². The molecule has 0 N–H and O–H groups in total. The van der Waals surface area contributed by atoms with Crippen molar-refractivity contribution in [1.29, 1.82) is 0 Å². The number of hydrogen-bond acceptors (Lipinski definition) is 1. The van der Waals surface area contributed by atoms with E-state index in [0.29, 0.717) is 23.5 Å². The summed E-state index contributed by atoms with van der Waals surface area (Å²) in [6.07, 6.45) is 11.9. The Labute approximate surface area is 85.6 Å². The van der Waals surface area contributed by atoms with Gasteiger partial charge in [0.15, 0.2) is 0 Å². The van der Waals surface area contributed by atoms with Crippen LogP contribution in [0.5, 0.6) is 0 Å². The smallest absolute Gasteiger partial charge is 0.136 e. The third kappa shape index (κ3) is 1.18. The fraction of sp³-hybridized carbons (Fsp3) is 0.769. The Kier molecular flexibility index (Phi) is 2.00. The predicted octanol–water partition coefficient (Wildman–Crippen LogP) is 2.96. The van der Waals surface area contributed by atoms with E-state index in [1.165, 1.54) is 25.7 Å². The van der Waals surface area contributed by atoms with Crippen molar-refractivity contribution in [2.75, 3.05) is 0 Å². The molecule has 0 radical (unpaired) electrons. The van der Waals surface area contributed by atoms with Crippen LogP contribution in [0.2, 0.25) is 0 Å². The van der Waals surface area contributed by atoms with Crippen molar-refractivity contribution in [2.45, 2.75) is 38.5 Å². The molecule has 14 heavy (non-hydrogen) atoms. The maximum absolute atomic E-state index is 12.0. The summed E-state index contributed by atoms with van der Waals surface area (Å²) >= 11 is 0. The number of carbonyl (C=O) groups excluding carboxylic acids is 1. The normalized spacial score (nSPS) is 46.1. The summed E-state index contributed by atoms with van der Waals surface area (Å²) in [6.45, 7) is 0. The van der Waals surface area contributed by atoms with Gasteiger partial charge >= 0.3 is 0 Å². The summed E-state index contributed by atoms with van der Waals surface area (Å²) in [6, 6.07) is 0. The van der Waals surface area contributed by atoms with Crippen LogP contribution in [-0.2, 0) is 4.79 Å². The molecule has 0 unspecified atom stereocenters. The van der Waals surface area contributed by atoms with Crippen LogP contribution >= 0.6 is 0 Å². The highest BCUT2D eigenvalue weighted by molar-refractivity contribution is 5.82. The molecule has 76 valence electrons. The van der Waals surface area contributed by atoms with Gasteiger partial charge in [-0.25, -0.2) is 0 Å². The first-order valence-corrected chi connectivity index (χ1v) is 6.07. The van der Waals surface area contributed by atoms with Crippen molar-refractivity contribution in [3.05, 3.63) is 12.2 Å². The molecule has 2 saturated carbocycles. The Bertz CT molecular complexity index is 279. The fourth-order valence-electron chi connectivity index (χ4n) is 3.82. The summed E-state index contributed by atoms with van der Waals surface area (Å²) in [7, 11) is 0. The first-order chi connectivity index (χ1) is 6.86. The summed E-state index contributed by atoms with van der Waals surface area (Å²) in [4.78, 5) is 12.0. The molecule has 0 aromatic heterocycles. The van der Waals surface area contributed by atoms with Crippen molar-refractivity contribution in [3.63, 3.8) is 0 Å². The maximum Gasteiger partial charge on any atom is 0.136 e. The lowest BCUT2D eigenvalue weighted by molar-refractivity contribution is -0.127. The second kappa shape index (κ2) is 3.22. The lowest BCUT2D eigenvalue weighted by Gasteiger charge is -2.43. The minimum absolute atomic E-state index is 0.418. The monoisotopic (exact) mass is 190 g/mol. The Balaban J connectivity index is 1.94. The van der Waals surface area contributed by atoms with Crippen molar-refractivity contribution in [1.82, 2.24) is 0 Å². The van der Waals surface area contributed by atoms with Crippen LogP contribution in [-0.4, -0.2) is 5.78 Å². The minimum Gasteiger partial charge on any atom is -0.299 e. The van der Waals surface area contributed by atoms with Gasteiger partial charge in [0.2, 0.25) is 0 Å². The van der Waals surface area contributed by atoms with E-state index in [2.05, 4.69) is 12.2 Å². The second-order valence-corrected chi connectivity index (χ2v) is 5.19. The number of ketones is 1. The zero-order valence-electron chi connectivity index (χ0n) is 8.61. The molecule has 0 aromatic carbocycles. The molecule has 2 bridgehead atoms. The topological polar surface area (TPSA) is 17.1 Å². The van der Waals surface area contributed by atoms with Crippen LogP contribution in [0.25, 0.3) is 0 Å². The molecule has 1 heteroatoms. The zero-order chi connectivity index (χ0) is 9.54. The highest BCUT2D eigenvalue weighted by atomic mass is 16.1. The Morgan fingerprint density at radius 2 is 1.79 bits per heavy atom. The van der Waals surface area contributed by atoms with Gasteiger partial charge in [0.25, 0.3) is 0 Å². The first kappa shape index (κ1) is 8.70.